The van der Waals surface area contributed by atoms with E-state index in [-0.39, 0.29) is 12.4 Å². The van der Waals surface area contributed by atoms with Crippen LogP contribution < -0.4 is 5.73 Å². The fourth-order valence-electron chi connectivity index (χ4n) is 2.88. The summed E-state index contributed by atoms with van der Waals surface area (Å²) in [7, 11) is 0. The molecular formula is C12H24ClNO. The maximum atomic E-state index is 5.91. The van der Waals surface area contributed by atoms with Crippen molar-refractivity contribution in [3.05, 3.63) is 0 Å². The lowest BCUT2D eigenvalue weighted by Gasteiger charge is -2.30. The van der Waals surface area contributed by atoms with Gasteiger partial charge in [0.15, 0.2) is 0 Å². The SMILES string of the molecule is Cl.NC1CCC(CC2CCOCC2)CC1. The summed E-state index contributed by atoms with van der Waals surface area (Å²) >= 11 is 0. The highest BCUT2D eigenvalue weighted by Gasteiger charge is 2.23. The molecule has 1 heterocycles. The van der Waals surface area contributed by atoms with Crippen molar-refractivity contribution in [1.29, 1.82) is 0 Å². The van der Waals surface area contributed by atoms with Gasteiger partial charge >= 0.3 is 0 Å². The van der Waals surface area contributed by atoms with Gasteiger partial charge in [0.05, 0.1) is 0 Å². The van der Waals surface area contributed by atoms with E-state index in [9.17, 15) is 0 Å². The molecule has 0 bridgehead atoms. The van der Waals surface area contributed by atoms with E-state index in [1.54, 1.807) is 0 Å². The Morgan fingerprint density at radius 3 is 2.00 bits per heavy atom. The van der Waals surface area contributed by atoms with Crippen LogP contribution in [0.15, 0.2) is 0 Å². The van der Waals surface area contributed by atoms with Gasteiger partial charge < -0.3 is 10.5 Å². The minimum atomic E-state index is 0. The molecule has 1 saturated carbocycles. The van der Waals surface area contributed by atoms with E-state index in [1.807, 2.05) is 0 Å². The average Bonchev–Trinajstić information content (AvgIpc) is 2.23. The standard InChI is InChI=1S/C12H23NO.ClH/c13-12-3-1-10(2-4-12)9-11-5-7-14-8-6-11;/h10-12H,1-9,13H2;1H. The number of ether oxygens (including phenoxy) is 1. The Labute approximate surface area is 99.3 Å². The maximum absolute atomic E-state index is 5.91. The van der Waals surface area contributed by atoms with Crippen molar-refractivity contribution < 1.29 is 4.74 Å². The van der Waals surface area contributed by atoms with Gasteiger partial charge in [-0.05, 0) is 56.8 Å². The van der Waals surface area contributed by atoms with Crippen LogP contribution in [-0.4, -0.2) is 19.3 Å². The molecule has 0 amide bonds. The second kappa shape index (κ2) is 6.72. The predicted molar refractivity (Wildman–Crippen MR) is 65.3 cm³/mol. The predicted octanol–water partition coefficient (Wildman–Crippen LogP) is 2.74. The van der Waals surface area contributed by atoms with Crippen LogP contribution in [-0.2, 0) is 4.74 Å². The normalized spacial score (nSPS) is 33.4. The smallest absolute Gasteiger partial charge is 0.0468 e. The average molecular weight is 234 g/mol. The quantitative estimate of drug-likeness (QED) is 0.796. The number of hydrogen-bond acceptors (Lipinski definition) is 2. The molecule has 0 spiro atoms. The molecule has 1 saturated heterocycles. The summed E-state index contributed by atoms with van der Waals surface area (Å²) in [6.07, 6.45) is 9.29. The second-order valence-corrected chi connectivity index (χ2v) is 5.07. The number of hydrogen-bond donors (Lipinski definition) is 1. The third-order valence-corrected chi connectivity index (χ3v) is 3.90. The van der Waals surface area contributed by atoms with Gasteiger partial charge in [0.1, 0.15) is 0 Å². The molecule has 0 unspecified atom stereocenters. The van der Waals surface area contributed by atoms with Gasteiger partial charge in [0.2, 0.25) is 0 Å². The van der Waals surface area contributed by atoms with Gasteiger partial charge in [-0.3, -0.25) is 0 Å². The van der Waals surface area contributed by atoms with Gasteiger partial charge in [-0.2, -0.15) is 0 Å². The molecular weight excluding hydrogens is 210 g/mol. The third kappa shape index (κ3) is 4.29. The first-order valence-corrected chi connectivity index (χ1v) is 6.18. The van der Waals surface area contributed by atoms with Crippen LogP contribution in [0.5, 0.6) is 0 Å². The van der Waals surface area contributed by atoms with Crippen LogP contribution in [0.25, 0.3) is 0 Å². The van der Waals surface area contributed by atoms with Crippen molar-refractivity contribution >= 4 is 12.4 Å². The van der Waals surface area contributed by atoms with Crippen molar-refractivity contribution in [2.45, 2.75) is 51.0 Å². The van der Waals surface area contributed by atoms with Crippen molar-refractivity contribution in [3.8, 4) is 0 Å². The van der Waals surface area contributed by atoms with Gasteiger partial charge in [0.25, 0.3) is 0 Å². The van der Waals surface area contributed by atoms with Crippen LogP contribution in [0.3, 0.4) is 0 Å². The molecule has 0 atom stereocenters. The highest BCUT2D eigenvalue weighted by Crippen LogP contribution is 2.31. The Bertz CT molecular complexity index is 163. The summed E-state index contributed by atoms with van der Waals surface area (Å²) in [5, 5.41) is 0. The van der Waals surface area contributed by atoms with E-state index >= 15 is 0 Å². The Balaban J connectivity index is 0.00000112. The highest BCUT2D eigenvalue weighted by molar-refractivity contribution is 5.85. The molecule has 15 heavy (non-hydrogen) atoms. The van der Waals surface area contributed by atoms with Gasteiger partial charge in [0, 0.05) is 19.3 Å². The molecule has 0 radical (unpaired) electrons. The van der Waals surface area contributed by atoms with Crippen molar-refractivity contribution in [3.63, 3.8) is 0 Å². The van der Waals surface area contributed by atoms with E-state index in [1.165, 1.54) is 44.9 Å². The van der Waals surface area contributed by atoms with Crippen LogP contribution >= 0.6 is 12.4 Å². The van der Waals surface area contributed by atoms with Crippen LogP contribution in [0, 0.1) is 11.8 Å². The minimum absolute atomic E-state index is 0. The molecule has 1 aliphatic heterocycles. The molecule has 2 rings (SSSR count). The zero-order valence-corrected chi connectivity index (χ0v) is 10.3. The van der Waals surface area contributed by atoms with Crippen molar-refractivity contribution in [2.75, 3.05) is 13.2 Å². The van der Waals surface area contributed by atoms with Crippen molar-refractivity contribution in [1.82, 2.24) is 0 Å². The van der Waals surface area contributed by atoms with Gasteiger partial charge in [-0.25, -0.2) is 0 Å². The Morgan fingerprint density at radius 2 is 1.40 bits per heavy atom. The molecule has 0 aromatic carbocycles. The number of nitrogens with two attached hydrogens (primary N) is 1. The molecule has 2 N–H and O–H groups in total. The third-order valence-electron chi connectivity index (χ3n) is 3.90. The van der Waals surface area contributed by atoms with E-state index < -0.39 is 0 Å². The molecule has 0 aromatic heterocycles. The number of rotatable bonds is 2. The topological polar surface area (TPSA) is 35.2 Å². The molecule has 2 nitrogen and oxygen atoms in total. The largest absolute Gasteiger partial charge is 0.381 e. The maximum Gasteiger partial charge on any atom is 0.0468 e. The van der Waals surface area contributed by atoms with E-state index in [0.717, 1.165) is 25.0 Å². The molecule has 1 aliphatic carbocycles. The first-order valence-electron chi connectivity index (χ1n) is 6.18. The Hall–Kier alpha value is 0.210. The van der Waals surface area contributed by atoms with Crippen LogP contribution in [0.1, 0.15) is 44.9 Å². The first-order chi connectivity index (χ1) is 6.84. The molecule has 2 fully saturated rings. The monoisotopic (exact) mass is 233 g/mol. The zero-order chi connectivity index (χ0) is 9.80. The minimum Gasteiger partial charge on any atom is -0.381 e. The fourth-order valence-corrected chi connectivity index (χ4v) is 2.88. The van der Waals surface area contributed by atoms with Crippen LogP contribution in [0.2, 0.25) is 0 Å². The summed E-state index contributed by atoms with van der Waals surface area (Å²) in [6.45, 7) is 1.99. The lowest BCUT2D eigenvalue weighted by Crippen LogP contribution is -2.28. The highest BCUT2D eigenvalue weighted by atomic mass is 35.5. The summed E-state index contributed by atoms with van der Waals surface area (Å²) in [6, 6.07) is 0.501. The van der Waals surface area contributed by atoms with E-state index in [4.69, 9.17) is 10.5 Å². The second-order valence-electron chi connectivity index (χ2n) is 5.07. The zero-order valence-electron chi connectivity index (χ0n) is 9.49. The summed E-state index contributed by atoms with van der Waals surface area (Å²) in [4.78, 5) is 0. The first kappa shape index (κ1) is 13.3. The van der Waals surface area contributed by atoms with Crippen molar-refractivity contribution in [2.24, 2.45) is 17.6 Å². The molecule has 90 valence electrons. The lowest BCUT2D eigenvalue weighted by atomic mass is 9.79. The lowest BCUT2D eigenvalue weighted by molar-refractivity contribution is 0.0558. The van der Waals surface area contributed by atoms with Crippen LogP contribution in [0.4, 0.5) is 0 Å². The molecule has 2 aliphatic rings. The van der Waals surface area contributed by atoms with E-state index in [2.05, 4.69) is 0 Å². The Morgan fingerprint density at radius 1 is 0.867 bits per heavy atom. The molecule has 0 aromatic rings. The van der Waals surface area contributed by atoms with Gasteiger partial charge in [-0.1, -0.05) is 0 Å². The Kier molecular flexibility index (Phi) is 5.95. The number of halogens is 1. The molecule has 3 heteroatoms. The van der Waals surface area contributed by atoms with Gasteiger partial charge in [-0.15, -0.1) is 12.4 Å². The summed E-state index contributed by atoms with van der Waals surface area (Å²) in [5.41, 5.74) is 5.91. The summed E-state index contributed by atoms with van der Waals surface area (Å²) < 4.78 is 5.39. The fraction of sp³-hybridized carbons (Fsp3) is 1.00. The summed E-state index contributed by atoms with van der Waals surface area (Å²) in [5.74, 6) is 1.92. The van der Waals surface area contributed by atoms with E-state index in [0.29, 0.717) is 6.04 Å².